The summed E-state index contributed by atoms with van der Waals surface area (Å²) in [6, 6.07) is 17.3. The lowest BCUT2D eigenvalue weighted by Crippen LogP contribution is -2.23. The third kappa shape index (κ3) is 2.58. The normalized spacial score (nSPS) is 18.0. The summed E-state index contributed by atoms with van der Waals surface area (Å²) in [5.41, 5.74) is 4.34. The Morgan fingerprint density at radius 2 is 1.85 bits per heavy atom. The van der Waals surface area contributed by atoms with Crippen molar-refractivity contribution in [3.05, 3.63) is 65.2 Å². The molecule has 0 N–H and O–H groups in total. The SMILES string of the molecule is CCC(C)c1ccc(OCC2Cc3ccccc32)cc1. The van der Waals surface area contributed by atoms with Gasteiger partial charge in [-0.1, -0.05) is 50.2 Å². The largest absolute Gasteiger partial charge is 0.493 e. The minimum Gasteiger partial charge on any atom is -0.493 e. The van der Waals surface area contributed by atoms with Crippen LogP contribution in [0.3, 0.4) is 0 Å². The van der Waals surface area contributed by atoms with Crippen LogP contribution in [0.1, 0.15) is 48.8 Å². The molecule has 0 amide bonds. The van der Waals surface area contributed by atoms with Gasteiger partial charge in [0.05, 0.1) is 6.61 Å². The molecule has 0 heterocycles. The maximum Gasteiger partial charge on any atom is 0.119 e. The molecule has 0 spiro atoms. The number of hydrogen-bond acceptors (Lipinski definition) is 1. The predicted octanol–water partition coefficient (Wildman–Crippen LogP) is 4.92. The van der Waals surface area contributed by atoms with Gasteiger partial charge in [-0.25, -0.2) is 0 Å². The quantitative estimate of drug-likeness (QED) is 0.746. The van der Waals surface area contributed by atoms with E-state index in [1.807, 2.05) is 0 Å². The third-order valence-electron chi connectivity index (χ3n) is 4.47. The first-order valence-corrected chi connectivity index (χ1v) is 7.58. The second-order valence-corrected chi connectivity index (χ2v) is 5.79. The fourth-order valence-electron chi connectivity index (χ4n) is 2.84. The highest BCUT2D eigenvalue weighted by Gasteiger charge is 2.25. The van der Waals surface area contributed by atoms with Crippen molar-refractivity contribution in [3.63, 3.8) is 0 Å². The van der Waals surface area contributed by atoms with Gasteiger partial charge in [-0.15, -0.1) is 0 Å². The van der Waals surface area contributed by atoms with Gasteiger partial charge in [0, 0.05) is 5.92 Å². The van der Waals surface area contributed by atoms with Gasteiger partial charge in [-0.3, -0.25) is 0 Å². The fraction of sp³-hybridized carbons (Fsp3) is 0.368. The van der Waals surface area contributed by atoms with E-state index in [2.05, 4.69) is 62.4 Å². The molecule has 2 atom stereocenters. The molecule has 1 heteroatoms. The van der Waals surface area contributed by atoms with E-state index in [1.54, 1.807) is 0 Å². The Morgan fingerprint density at radius 1 is 1.10 bits per heavy atom. The molecule has 0 bridgehead atoms. The molecule has 0 fully saturated rings. The molecule has 104 valence electrons. The summed E-state index contributed by atoms with van der Waals surface area (Å²) in [5.74, 6) is 2.18. The molecule has 2 aromatic carbocycles. The average molecular weight is 266 g/mol. The Morgan fingerprint density at radius 3 is 2.55 bits per heavy atom. The van der Waals surface area contributed by atoms with Crippen LogP contribution in [-0.4, -0.2) is 6.61 Å². The van der Waals surface area contributed by atoms with Crippen LogP contribution < -0.4 is 4.74 Å². The molecular weight excluding hydrogens is 244 g/mol. The minimum absolute atomic E-state index is 0.570. The molecule has 20 heavy (non-hydrogen) atoms. The molecule has 1 aliphatic rings. The molecule has 3 rings (SSSR count). The van der Waals surface area contributed by atoms with Crippen molar-refractivity contribution in [2.45, 2.75) is 38.5 Å². The average Bonchev–Trinajstić information content (AvgIpc) is 2.48. The van der Waals surface area contributed by atoms with Crippen LogP contribution in [-0.2, 0) is 6.42 Å². The molecule has 2 aromatic rings. The van der Waals surface area contributed by atoms with E-state index < -0.39 is 0 Å². The van der Waals surface area contributed by atoms with Crippen LogP contribution in [0.5, 0.6) is 5.75 Å². The summed E-state index contributed by atoms with van der Waals surface area (Å²) >= 11 is 0. The van der Waals surface area contributed by atoms with Crippen LogP contribution in [0, 0.1) is 0 Å². The molecule has 0 aromatic heterocycles. The summed E-state index contributed by atoms with van der Waals surface area (Å²) < 4.78 is 5.94. The van der Waals surface area contributed by atoms with E-state index >= 15 is 0 Å². The topological polar surface area (TPSA) is 9.23 Å². The smallest absolute Gasteiger partial charge is 0.119 e. The van der Waals surface area contributed by atoms with E-state index in [4.69, 9.17) is 4.74 Å². The Labute approximate surface area is 121 Å². The highest BCUT2D eigenvalue weighted by molar-refractivity contribution is 5.40. The number of fused-ring (bicyclic) bond motifs is 1. The van der Waals surface area contributed by atoms with Gasteiger partial charge in [0.15, 0.2) is 0 Å². The van der Waals surface area contributed by atoms with Crippen molar-refractivity contribution >= 4 is 0 Å². The Kier molecular flexibility index (Phi) is 3.77. The van der Waals surface area contributed by atoms with Gasteiger partial charge in [0.2, 0.25) is 0 Å². The minimum atomic E-state index is 0.570. The van der Waals surface area contributed by atoms with E-state index in [1.165, 1.54) is 23.1 Å². The zero-order chi connectivity index (χ0) is 13.9. The number of rotatable bonds is 5. The predicted molar refractivity (Wildman–Crippen MR) is 83.5 cm³/mol. The lowest BCUT2D eigenvalue weighted by Gasteiger charge is -2.29. The molecule has 1 nitrogen and oxygen atoms in total. The van der Waals surface area contributed by atoms with Crippen molar-refractivity contribution in [1.82, 2.24) is 0 Å². The summed E-state index contributed by atoms with van der Waals surface area (Å²) in [7, 11) is 0. The van der Waals surface area contributed by atoms with Crippen molar-refractivity contribution < 1.29 is 4.74 Å². The lowest BCUT2D eigenvalue weighted by molar-refractivity contribution is 0.275. The molecular formula is C19H22O. The van der Waals surface area contributed by atoms with E-state index in [0.717, 1.165) is 18.8 Å². The molecule has 0 saturated heterocycles. The molecule has 1 aliphatic carbocycles. The summed E-state index contributed by atoms with van der Waals surface area (Å²) in [5, 5.41) is 0. The highest BCUT2D eigenvalue weighted by Crippen LogP contribution is 2.35. The van der Waals surface area contributed by atoms with Gasteiger partial charge in [0.25, 0.3) is 0 Å². The summed E-state index contributed by atoms with van der Waals surface area (Å²) in [6.45, 7) is 5.28. The third-order valence-corrected chi connectivity index (χ3v) is 4.47. The summed E-state index contributed by atoms with van der Waals surface area (Å²) in [4.78, 5) is 0. The first-order valence-electron chi connectivity index (χ1n) is 7.58. The van der Waals surface area contributed by atoms with Crippen molar-refractivity contribution in [2.24, 2.45) is 0 Å². The Hall–Kier alpha value is -1.76. The van der Waals surface area contributed by atoms with Crippen LogP contribution >= 0.6 is 0 Å². The maximum atomic E-state index is 5.94. The van der Waals surface area contributed by atoms with Gasteiger partial charge < -0.3 is 4.74 Å². The monoisotopic (exact) mass is 266 g/mol. The second kappa shape index (κ2) is 5.70. The van der Waals surface area contributed by atoms with Gasteiger partial charge >= 0.3 is 0 Å². The van der Waals surface area contributed by atoms with E-state index in [-0.39, 0.29) is 0 Å². The number of benzene rings is 2. The second-order valence-electron chi connectivity index (χ2n) is 5.79. The fourth-order valence-corrected chi connectivity index (χ4v) is 2.84. The zero-order valence-electron chi connectivity index (χ0n) is 12.3. The first kappa shape index (κ1) is 13.2. The van der Waals surface area contributed by atoms with Crippen molar-refractivity contribution in [3.8, 4) is 5.75 Å². The van der Waals surface area contributed by atoms with Crippen LogP contribution in [0.2, 0.25) is 0 Å². The molecule has 0 radical (unpaired) electrons. The Balaban J connectivity index is 1.57. The maximum absolute atomic E-state index is 5.94. The molecule has 0 aliphatic heterocycles. The van der Waals surface area contributed by atoms with Crippen LogP contribution in [0.25, 0.3) is 0 Å². The standard InChI is InChI=1S/C19H22O/c1-3-14(2)15-8-10-18(11-9-15)20-13-17-12-16-6-4-5-7-19(16)17/h4-11,14,17H,3,12-13H2,1-2H3. The highest BCUT2D eigenvalue weighted by atomic mass is 16.5. The molecule has 0 saturated carbocycles. The number of ether oxygens (including phenoxy) is 1. The van der Waals surface area contributed by atoms with Crippen LogP contribution in [0.4, 0.5) is 0 Å². The number of hydrogen-bond donors (Lipinski definition) is 0. The Bertz CT molecular complexity index is 571. The first-order chi connectivity index (χ1) is 9.78. The van der Waals surface area contributed by atoms with Gasteiger partial charge in [-0.2, -0.15) is 0 Å². The lowest BCUT2D eigenvalue weighted by atomic mass is 9.78. The summed E-state index contributed by atoms with van der Waals surface area (Å²) in [6.07, 6.45) is 2.33. The van der Waals surface area contributed by atoms with Crippen molar-refractivity contribution in [2.75, 3.05) is 6.61 Å². The van der Waals surface area contributed by atoms with Crippen LogP contribution in [0.15, 0.2) is 48.5 Å². The van der Waals surface area contributed by atoms with E-state index in [0.29, 0.717) is 11.8 Å². The van der Waals surface area contributed by atoms with E-state index in [9.17, 15) is 0 Å². The molecule has 2 unspecified atom stereocenters. The zero-order valence-corrected chi connectivity index (χ0v) is 12.3. The van der Waals surface area contributed by atoms with Gasteiger partial charge in [-0.05, 0) is 47.6 Å². The van der Waals surface area contributed by atoms with Gasteiger partial charge in [0.1, 0.15) is 5.75 Å². The van der Waals surface area contributed by atoms with Crippen molar-refractivity contribution in [1.29, 1.82) is 0 Å².